The van der Waals surface area contributed by atoms with Crippen LogP contribution in [0.1, 0.15) is 18.1 Å². The standard InChI is InChI=1S/C20H23N3O2/c1-16-14-23(15-18-6-2-3-7-19(18)25-16)12-11-22-20(24)9-8-17-5-4-10-21-13-17/h2-10,13,16H,11-12,14-15H2,1H3,(H,22,24)/b9-8+. The first-order chi connectivity index (χ1) is 12.2. The molecule has 1 aliphatic rings. The zero-order valence-electron chi connectivity index (χ0n) is 14.4. The molecule has 1 aromatic heterocycles. The van der Waals surface area contributed by atoms with Crippen LogP contribution < -0.4 is 10.1 Å². The number of fused-ring (bicyclic) bond motifs is 1. The minimum absolute atomic E-state index is 0.0941. The van der Waals surface area contributed by atoms with E-state index < -0.39 is 0 Å². The maximum Gasteiger partial charge on any atom is 0.244 e. The molecule has 0 aliphatic carbocycles. The molecule has 0 spiro atoms. The second kappa shape index (κ2) is 8.44. The molecule has 1 amide bonds. The Balaban J connectivity index is 1.48. The highest BCUT2D eigenvalue weighted by molar-refractivity contribution is 5.91. The topological polar surface area (TPSA) is 54.5 Å². The molecule has 0 saturated carbocycles. The number of para-hydroxylation sites is 1. The van der Waals surface area contributed by atoms with Crippen molar-refractivity contribution in [2.24, 2.45) is 0 Å². The van der Waals surface area contributed by atoms with Gasteiger partial charge in [-0.25, -0.2) is 0 Å². The van der Waals surface area contributed by atoms with Crippen LogP contribution >= 0.6 is 0 Å². The number of carbonyl (C=O) groups excluding carboxylic acids is 1. The van der Waals surface area contributed by atoms with Gasteiger partial charge in [0.15, 0.2) is 0 Å². The van der Waals surface area contributed by atoms with Gasteiger partial charge in [-0.1, -0.05) is 24.3 Å². The smallest absolute Gasteiger partial charge is 0.244 e. The van der Waals surface area contributed by atoms with Crippen molar-refractivity contribution in [2.75, 3.05) is 19.6 Å². The van der Waals surface area contributed by atoms with Crippen molar-refractivity contribution in [3.63, 3.8) is 0 Å². The summed E-state index contributed by atoms with van der Waals surface area (Å²) in [7, 11) is 0. The Morgan fingerprint density at radius 3 is 3.08 bits per heavy atom. The summed E-state index contributed by atoms with van der Waals surface area (Å²) in [6, 6.07) is 11.9. The number of carbonyl (C=O) groups is 1. The van der Waals surface area contributed by atoms with Crippen molar-refractivity contribution >= 4 is 12.0 Å². The maximum absolute atomic E-state index is 11.9. The summed E-state index contributed by atoms with van der Waals surface area (Å²) in [6.07, 6.45) is 6.87. The van der Waals surface area contributed by atoms with Gasteiger partial charge in [0.05, 0.1) is 0 Å². The first-order valence-electron chi connectivity index (χ1n) is 8.53. The fraction of sp³-hybridized carbons (Fsp3) is 0.300. The number of amides is 1. The van der Waals surface area contributed by atoms with E-state index in [1.165, 1.54) is 5.56 Å². The number of nitrogens with one attached hydrogen (secondary N) is 1. The molecule has 1 atom stereocenters. The lowest BCUT2D eigenvalue weighted by molar-refractivity contribution is -0.116. The number of hydrogen-bond acceptors (Lipinski definition) is 4. The highest BCUT2D eigenvalue weighted by Gasteiger charge is 2.19. The summed E-state index contributed by atoms with van der Waals surface area (Å²) < 4.78 is 5.96. The molecule has 1 aromatic carbocycles. The first kappa shape index (κ1) is 17.2. The zero-order chi connectivity index (χ0) is 17.5. The molecule has 2 aromatic rings. The third-order valence-electron chi connectivity index (χ3n) is 4.05. The van der Waals surface area contributed by atoms with Gasteiger partial charge >= 0.3 is 0 Å². The van der Waals surface area contributed by atoms with Crippen molar-refractivity contribution in [3.8, 4) is 5.75 Å². The average molecular weight is 337 g/mol. The minimum atomic E-state index is -0.0941. The number of rotatable bonds is 5. The molecule has 0 bridgehead atoms. The molecule has 25 heavy (non-hydrogen) atoms. The number of ether oxygens (including phenoxy) is 1. The van der Waals surface area contributed by atoms with Gasteiger partial charge in [0, 0.05) is 50.2 Å². The molecule has 130 valence electrons. The van der Waals surface area contributed by atoms with Crippen LogP contribution in [0.5, 0.6) is 5.75 Å². The van der Waals surface area contributed by atoms with Crippen LogP contribution in [0.25, 0.3) is 6.08 Å². The van der Waals surface area contributed by atoms with Crippen LogP contribution in [-0.4, -0.2) is 41.5 Å². The molecule has 0 fully saturated rings. The summed E-state index contributed by atoms with van der Waals surface area (Å²) in [5, 5.41) is 2.93. The Kier molecular flexibility index (Phi) is 5.80. The number of pyridine rings is 1. The number of nitrogens with zero attached hydrogens (tertiary/aromatic N) is 2. The van der Waals surface area contributed by atoms with Gasteiger partial charge in [0.25, 0.3) is 0 Å². The van der Waals surface area contributed by atoms with Gasteiger partial charge in [0.1, 0.15) is 11.9 Å². The van der Waals surface area contributed by atoms with Crippen molar-refractivity contribution in [1.82, 2.24) is 15.2 Å². The summed E-state index contributed by atoms with van der Waals surface area (Å²) in [5.41, 5.74) is 2.10. The van der Waals surface area contributed by atoms with Gasteiger partial charge in [-0.2, -0.15) is 0 Å². The third-order valence-corrected chi connectivity index (χ3v) is 4.05. The molecule has 5 heteroatoms. The Bertz CT molecular complexity index is 731. The number of hydrogen-bond donors (Lipinski definition) is 1. The minimum Gasteiger partial charge on any atom is -0.489 e. The van der Waals surface area contributed by atoms with Crippen LogP contribution in [0.4, 0.5) is 0 Å². The van der Waals surface area contributed by atoms with Crippen LogP contribution in [0.15, 0.2) is 54.9 Å². The Labute approximate surface area is 148 Å². The van der Waals surface area contributed by atoms with Gasteiger partial charge < -0.3 is 10.1 Å². The third kappa shape index (κ3) is 5.16. The molecule has 1 unspecified atom stereocenters. The number of aromatic nitrogens is 1. The fourth-order valence-corrected chi connectivity index (χ4v) is 2.89. The maximum atomic E-state index is 11.9. The quantitative estimate of drug-likeness (QED) is 0.852. The van der Waals surface area contributed by atoms with Crippen LogP contribution in [-0.2, 0) is 11.3 Å². The molecule has 3 rings (SSSR count). The van der Waals surface area contributed by atoms with Gasteiger partial charge in [-0.3, -0.25) is 14.7 Å². The van der Waals surface area contributed by atoms with E-state index in [2.05, 4.69) is 28.2 Å². The van der Waals surface area contributed by atoms with Crippen molar-refractivity contribution in [1.29, 1.82) is 0 Å². The van der Waals surface area contributed by atoms with Crippen molar-refractivity contribution in [3.05, 3.63) is 66.0 Å². The summed E-state index contributed by atoms with van der Waals surface area (Å²) in [4.78, 5) is 18.3. The molecular weight excluding hydrogens is 314 g/mol. The SMILES string of the molecule is CC1CN(CCNC(=O)/C=C/c2cccnc2)Cc2ccccc2O1. The normalized spacial score (nSPS) is 17.6. The van der Waals surface area contributed by atoms with Crippen LogP contribution in [0, 0.1) is 0 Å². The van der Waals surface area contributed by atoms with E-state index >= 15 is 0 Å². The predicted molar refractivity (Wildman–Crippen MR) is 98.1 cm³/mol. The monoisotopic (exact) mass is 337 g/mol. The highest BCUT2D eigenvalue weighted by atomic mass is 16.5. The predicted octanol–water partition coefficient (Wildman–Crippen LogP) is 2.49. The molecule has 0 saturated heterocycles. The molecule has 1 N–H and O–H groups in total. The lowest BCUT2D eigenvalue weighted by Gasteiger charge is -2.21. The molecule has 2 heterocycles. The van der Waals surface area contributed by atoms with Gasteiger partial charge in [-0.05, 0) is 30.7 Å². The van der Waals surface area contributed by atoms with Crippen molar-refractivity contribution < 1.29 is 9.53 Å². The van der Waals surface area contributed by atoms with Crippen LogP contribution in [0.2, 0.25) is 0 Å². The lowest BCUT2D eigenvalue weighted by Crippen LogP contribution is -2.37. The van der Waals surface area contributed by atoms with E-state index in [9.17, 15) is 4.79 Å². The fourth-order valence-electron chi connectivity index (χ4n) is 2.89. The number of benzene rings is 1. The first-order valence-corrected chi connectivity index (χ1v) is 8.53. The van der Waals surface area contributed by atoms with Gasteiger partial charge in [0.2, 0.25) is 5.91 Å². The second-order valence-electron chi connectivity index (χ2n) is 6.18. The molecule has 1 aliphatic heterocycles. The van der Waals surface area contributed by atoms with E-state index in [1.54, 1.807) is 24.5 Å². The van der Waals surface area contributed by atoms with Crippen molar-refractivity contribution in [2.45, 2.75) is 19.6 Å². The van der Waals surface area contributed by atoms with E-state index in [1.807, 2.05) is 30.3 Å². The molecular formula is C20H23N3O2. The average Bonchev–Trinajstić information content (AvgIpc) is 2.78. The van der Waals surface area contributed by atoms with Crippen LogP contribution in [0.3, 0.4) is 0 Å². The van der Waals surface area contributed by atoms with E-state index in [0.29, 0.717) is 6.54 Å². The zero-order valence-corrected chi connectivity index (χ0v) is 14.4. The lowest BCUT2D eigenvalue weighted by atomic mass is 10.2. The van der Waals surface area contributed by atoms with E-state index in [0.717, 1.165) is 30.9 Å². The Hall–Kier alpha value is -2.66. The van der Waals surface area contributed by atoms with Gasteiger partial charge in [-0.15, -0.1) is 0 Å². The van der Waals surface area contributed by atoms with E-state index in [4.69, 9.17) is 4.74 Å². The summed E-state index contributed by atoms with van der Waals surface area (Å²) in [6.45, 7) is 5.14. The Morgan fingerprint density at radius 2 is 2.24 bits per heavy atom. The highest BCUT2D eigenvalue weighted by Crippen LogP contribution is 2.24. The largest absolute Gasteiger partial charge is 0.489 e. The van der Waals surface area contributed by atoms with E-state index in [-0.39, 0.29) is 12.0 Å². The molecule has 0 radical (unpaired) electrons. The summed E-state index contributed by atoms with van der Waals surface area (Å²) >= 11 is 0. The Morgan fingerprint density at radius 1 is 1.36 bits per heavy atom. The second-order valence-corrected chi connectivity index (χ2v) is 6.18. The summed E-state index contributed by atoms with van der Waals surface area (Å²) in [5.74, 6) is 0.865. The molecule has 5 nitrogen and oxygen atoms in total.